The largest absolute Gasteiger partial charge is 0.744 e. The summed E-state index contributed by atoms with van der Waals surface area (Å²) in [6.45, 7) is 7.51. The molecule has 0 unspecified atom stereocenters. The van der Waals surface area contributed by atoms with Crippen molar-refractivity contribution in [2.24, 2.45) is 0 Å². The molecule has 0 saturated heterocycles. The van der Waals surface area contributed by atoms with E-state index in [1.54, 1.807) is 32.1 Å². The first-order valence-corrected chi connectivity index (χ1v) is 23.5. The molecule has 0 aromatic heterocycles. The molecule has 0 fully saturated rings. The van der Waals surface area contributed by atoms with Gasteiger partial charge in [0.1, 0.15) is 47.0 Å². The zero-order valence-corrected chi connectivity index (χ0v) is 35.2. The van der Waals surface area contributed by atoms with Gasteiger partial charge in [-0.2, -0.15) is 4.58 Å². The molecule has 0 saturated carbocycles. The van der Waals surface area contributed by atoms with Crippen LogP contribution in [0, 0.1) is 0 Å². The van der Waals surface area contributed by atoms with Gasteiger partial charge in [0.05, 0.1) is 30.7 Å². The Labute approximate surface area is 341 Å². The van der Waals surface area contributed by atoms with Crippen molar-refractivity contribution in [2.45, 2.75) is 83.8 Å². The van der Waals surface area contributed by atoms with Crippen molar-refractivity contribution in [3.8, 4) is 0 Å². The van der Waals surface area contributed by atoms with Gasteiger partial charge in [0.25, 0.3) is 0 Å². The maximum atomic E-state index is 12.8. The Balaban J connectivity index is 1.58. The highest BCUT2D eigenvalue weighted by atomic mass is 32.2. The maximum Gasteiger partial charge on any atom is 0.303 e. The maximum absolute atomic E-state index is 12.8. The quantitative estimate of drug-likeness (QED) is 0.105. The predicted molar refractivity (Wildman–Crippen MR) is 210 cm³/mol. The number of hydrogen-bond donors (Lipinski definition) is 1. The summed E-state index contributed by atoms with van der Waals surface area (Å²) in [4.78, 5) is 9.89. The van der Waals surface area contributed by atoms with Crippen molar-refractivity contribution in [2.75, 3.05) is 11.4 Å². The van der Waals surface area contributed by atoms with Crippen molar-refractivity contribution in [1.82, 2.24) is 0 Å². The van der Waals surface area contributed by atoms with Gasteiger partial charge in [0.2, 0.25) is 5.69 Å². The van der Waals surface area contributed by atoms with Crippen LogP contribution < -0.4 is 4.90 Å². The lowest BCUT2D eigenvalue weighted by molar-refractivity contribution is -0.438. The first-order chi connectivity index (χ1) is 27.1. The van der Waals surface area contributed by atoms with E-state index in [9.17, 15) is 56.7 Å². The summed E-state index contributed by atoms with van der Waals surface area (Å²) in [7, 11) is -20.3. The molecule has 2 aliphatic heterocycles. The van der Waals surface area contributed by atoms with Crippen LogP contribution >= 0.6 is 0 Å². The molecular formula is C39H37N2O14S4-3. The predicted octanol–water partition coefficient (Wildman–Crippen LogP) is 5.05. The second-order valence-corrected chi connectivity index (χ2v) is 20.7. The minimum atomic E-state index is -5.35. The van der Waals surface area contributed by atoms with Gasteiger partial charge in [-0.3, -0.25) is 4.79 Å². The number of allylic oxidation sites excluding steroid dienone is 4. The van der Waals surface area contributed by atoms with E-state index in [4.69, 9.17) is 5.11 Å². The van der Waals surface area contributed by atoms with Gasteiger partial charge in [-0.15, -0.1) is 0 Å². The number of carboxylic acids is 1. The second kappa shape index (κ2) is 15.0. The fraction of sp³-hybridized carbons (Fsp3) is 0.282. The van der Waals surface area contributed by atoms with E-state index in [1.165, 1.54) is 41.3 Å². The number of carbonyl (C=O) groups is 1. The third-order valence-corrected chi connectivity index (χ3v) is 14.0. The fourth-order valence-electron chi connectivity index (χ4n) is 7.93. The Bertz CT molecular complexity index is 3000. The molecule has 1 N–H and O–H groups in total. The van der Waals surface area contributed by atoms with Crippen LogP contribution in [0.4, 0.5) is 17.1 Å². The first-order valence-electron chi connectivity index (χ1n) is 17.9. The molecule has 6 rings (SSSR count). The van der Waals surface area contributed by atoms with E-state index in [2.05, 4.69) is 0 Å². The molecule has 16 nitrogen and oxygen atoms in total. The molecule has 4 aromatic rings. The average Bonchev–Trinajstić information content (AvgIpc) is 3.47. The van der Waals surface area contributed by atoms with Gasteiger partial charge >= 0.3 is 5.97 Å². The summed E-state index contributed by atoms with van der Waals surface area (Å²) in [6, 6.07) is 13.0. The van der Waals surface area contributed by atoms with E-state index in [0.717, 1.165) is 30.3 Å². The number of hydrogen-bond acceptors (Lipinski definition) is 14. The van der Waals surface area contributed by atoms with Crippen LogP contribution in [-0.4, -0.2) is 79.8 Å². The molecule has 0 radical (unpaired) electrons. The molecule has 314 valence electrons. The van der Waals surface area contributed by atoms with E-state index < -0.39 is 76.9 Å². The molecular weight excluding hydrogens is 849 g/mol. The molecule has 59 heavy (non-hydrogen) atoms. The number of carboxylic acid groups (broad SMARTS) is 1. The Hall–Kier alpha value is -4.80. The van der Waals surface area contributed by atoms with Crippen LogP contribution in [0.2, 0.25) is 0 Å². The van der Waals surface area contributed by atoms with Gasteiger partial charge in [-0.25, -0.2) is 33.7 Å². The number of fused-ring (bicyclic) bond motifs is 4. The Morgan fingerprint density at radius 3 is 1.93 bits per heavy atom. The minimum absolute atomic E-state index is 0.0222. The normalized spacial score (nSPS) is 17.3. The summed E-state index contributed by atoms with van der Waals surface area (Å²) >= 11 is 0. The van der Waals surface area contributed by atoms with Crippen molar-refractivity contribution >= 4 is 80.0 Å². The van der Waals surface area contributed by atoms with E-state index in [1.807, 2.05) is 18.4 Å². The van der Waals surface area contributed by atoms with Gasteiger partial charge in [0, 0.05) is 52.7 Å². The summed E-state index contributed by atoms with van der Waals surface area (Å²) in [6.07, 6.45) is 6.52. The Morgan fingerprint density at radius 1 is 0.712 bits per heavy atom. The van der Waals surface area contributed by atoms with Crippen LogP contribution in [0.1, 0.15) is 64.5 Å². The number of aliphatic carboxylic acids is 1. The van der Waals surface area contributed by atoms with Crippen LogP contribution in [0.3, 0.4) is 0 Å². The Morgan fingerprint density at radius 2 is 1.32 bits per heavy atom. The molecule has 0 bridgehead atoms. The molecule has 0 aliphatic carbocycles. The minimum Gasteiger partial charge on any atom is -0.744 e. The highest BCUT2D eigenvalue weighted by molar-refractivity contribution is 7.86. The highest BCUT2D eigenvalue weighted by Crippen LogP contribution is 2.55. The fourth-order valence-corrected chi connectivity index (χ4v) is 10.1. The first kappa shape index (κ1) is 43.8. The van der Waals surface area contributed by atoms with Gasteiger partial charge in [-0.1, -0.05) is 32.1 Å². The zero-order valence-electron chi connectivity index (χ0n) is 31.9. The summed E-state index contributed by atoms with van der Waals surface area (Å²) < 4.78 is 149. The number of rotatable bonds is 13. The third-order valence-electron chi connectivity index (χ3n) is 10.7. The number of anilines is 2. The van der Waals surface area contributed by atoms with E-state index in [0.29, 0.717) is 54.0 Å². The Kier molecular flexibility index (Phi) is 11.2. The van der Waals surface area contributed by atoms with E-state index in [-0.39, 0.29) is 28.6 Å². The van der Waals surface area contributed by atoms with Crippen molar-refractivity contribution in [3.05, 3.63) is 102 Å². The second-order valence-electron chi connectivity index (χ2n) is 15.2. The molecule has 2 heterocycles. The van der Waals surface area contributed by atoms with Gasteiger partial charge in [0.15, 0.2) is 5.71 Å². The van der Waals surface area contributed by atoms with Crippen molar-refractivity contribution in [3.63, 3.8) is 0 Å². The standard InChI is InChI=1S/C39H40N2O14S4/c1-38(2)30-22-27(58(50,51)52)16-18-31(30)40(19-7-5-6-14-36(42)43)34(38)12-9-13-35-39(3,4)37-28-17-15-26(57(47,48)49)21-29(28)33(59(53,54)55)23-32(37)41(35)24-10-8-11-25(20-24)56(44,45)46/h8-13,15-18,20-23H,5-7,14,19H2,1-4H3,(H4-,42,43,44,45,46,47,48,49,50,51,52,53,54,55)/p-3. The van der Waals surface area contributed by atoms with Gasteiger partial charge < -0.3 is 28.2 Å². The van der Waals surface area contributed by atoms with Crippen LogP contribution in [-0.2, 0) is 56.1 Å². The molecule has 0 amide bonds. The topological polar surface area (TPSA) is 272 Å². The molecule has 20 heteroatoms. The van der Waals surface area contributed by atoms with E-state index >= 15 is 0 Å². The average molecular weight is 886 g/mol. The van der Waals surface area contributed by atoms with Crippen LogP contribution in [0.25, 0.3) is 10.8 Å². The SMILES string of the molecule is CC1(C)C(/C=C/C=C2/N(c3cccc(S(=O)(=O)[O-])c3)c3cc(S(=O)(=O)[O-])c4cc(S(=O)(=O)[O-])ccc4c3C2(C)C)=[N+](CCCCCC(=O)O)c2ccc(S(=O)(=O)[O-])cc21. The zero-order chi connectivity index (χ0) is 43.7. The van der Waals surface area contributed by atoms with Crippen LogP contribution in [0.5, 0.6) is 0 Å². The number of benzene rings is 4. The number of unbranched alkanes of at least 4 members (excludes halogenated alkanes) is 2. The highest BCUT2D eigenvalue weighted by Gasteiger charge is 2.46. The lowest BCUT2D eigenvalue weighted by Gasteiger charge is -2.27. The molecule has 4 aromatic carbocycles. The monoisotopic (exact) mass is 885 g/mol. The molecule has 0 atom stereocenters. The summed E-state index contributed by atoms with van der Waals surface area (Å²) in [5.74, 6) is -0.932. The number of nitrogens with zero attached hydrogens (tertiary/aromatic N) is 2. The van der Waals surface area contributed by atoms with Crippen molar-refractivity contribution < 1.29 is 66.4 Å². The lowest BCUT2D eigenvalue weighted by atomic mass is 9.80. The summed E-state index contributed by atoms with van der Waals surface area (Å²) in [5, 5.41) is 8.86. The summed E-state index contributed by atoms with van der Waals surface area (Å²) in [5.41, 5.74) is 0.630. The third kappa shape index (κ3) is 8.35. The molecule has 2 aliphatic rings. The lowest BCUT2D eigenvalue weighted by Crippen LogP contribution is -2.28. The van der Waals surface area contributed by atoms with Gasteiger partial charge in [-0.05, 0) is 92.2 Å². The molecule has 0 spiro atoms. The van der Waals surface area contributed by atoms with Crippen molar-refractivity contribution in [1.29, 1.82) is 0 Å². The van der Waals surface area contributed by atoms with Crippen LogP contribution in [0.15, 0.2) is 110 Å². The smallest absolute Gasteiger partial charge is 0.303 e.